The van der Waals surface area contributed by atoms with Gasteiger partial charge < -0.3 is 0 Å². The SMILES string of the molecule is O=C(C[n+]1ccncc1C1C=Cc2ccccc21)c1ccccc1. The number of benzene rings is 2. The average molecular weight is 313 g/mol. The van der Waals surface area contributed by atoms with Crippen molar-refractivity contribution < 1.29 is 9.36 Å². The van der Waals surface area contributed by atoms with E-state index in [1.54, 1.807) is 6.20 Å². The molecule has 116 valence electrons. The van der Waals surface area contributed by atoms with Gasteiger partial charge in [-0.05, 0) is 11.1 Å². The molecule has 1 aliphatic rings. The number of Topliss-reactive ketones (excluding diaryl/α,β-unsaturated/α-hetero) is 1. The highest BCUT2D eigenvalue weighted by molar-refractivity contribution is 5.94. The van der Waals surface area contributed by atoms with E-state index in [1.165, 1.54) is 11.1 Å². The first-order chi connectivity index (χ1) is 11.8. The maximum atomic E-state index is 12.6. The van der Waals surface area contributed by atoms with Crippen LogP contribution in [0.4, 0.5) is 0 Å². The minimum absolute atomic E-state index is 0.100. The van der Waals surface area contributed by atoms with Crippen LogP contribution in [-0.4, -0.2) is 10.8 Å². The Labute approximate surface area is 140 Å². The predicted molar refractivity (Wildman–Crippen MR) is 92.5 cm³/mol. The Morgan fingerprint density at radius 1 is 1.04 bits per heavy atom. The van der Waals surface area contributed by atoms with Gasteiger partial charge in [-0.15, -0.1) is 0 Å². The van der Waals surface area contributed by atoms with E-state index in [-0.39, 0.29) is 11.7 Å². The van der Waals surface area contributed by atoms with Crippen LogP contribution >= 0.6 is 0 Å². The maximum Gasteiger partial charge on any atom is 0.227 e. The molecular weight excluding hydrogens is 296 g/mol. The van der Waals surface area contributed by atoms with E-state index in [0.29, 0.717) is 6.54 Å². The quantitative estimate of drug-likeness (QED) is 0.546. The van der Waals surface area contributed by atoms with Crippen molar-refractivity contribution >= 4 is 11.9 Å². The van der Waals surface area contributed by atoms with Crippen LogP contribution in [0.25, 0.3) is 6.08 Å². The second-order valence-corrected chi connectivity index (χ2v) is 5.88. The van der Waals surface area contributed by atoms with Gasteiger partial charge >= 0.3 is 0 Å². The van der Waals surface area contributed by atoms with Crippen LogP contribution in [0.5, 0.6) is 0 Å². The van der Waals surface area contributed by atoms with Gasteiger partial charge in [-0.2, -0.15) is 4.57 Å². The summed E-state index contributed by atoms with van der Waals surface area (Å²) >= 11 is 0. The van der Waals surface area contributed by atoms with Crippen molar-refractivity contribution in [2.24, 2.45) is 0 Å². The van der Waals surface area contributed by atoms with E-state index in [9.17, 15) is 4.79 Å². The Hall–Kier alpha value is -3.07. The molecule has 1 atom stereocenters. The third-order valence-corrected chi connectivity index (χ3v) is 4.40. The van der Waals surface area contributed by atoms with Gasteiger partial charge in [0.1, 0.15) is 0 Å². The molecule has 3 nitrogen and oxygen atoms in total. The second-order valence-electron chi connectivity index (χ2n) is 5.88. The molecule has 0 N–H and O–H groups in total. The van der Waals surface area contributed by atoms with Gasteiger partial charge in [-0.3, -0.25) is 9.78 Å². The van der Waals surface area contributed by atoms with Crippen LogP contribution in [0.15, 0.2) is 79.3 Å². The molecule has 24 heavy (non-hydrogen) atoms. The molecule has 1 aromatic heterocycles. The summed E-state index contributed by atoms with van der Waals surface area (Å²) in [5, 5.41) is 0. The largest absolute Gasteiger partial charge is 0.287 e. The van der Waals surface area contributed by atoms with Crippen LogP contribution in [0.1, 0.15) is 33.1 Å². The Morgan fingerprint density at radius 3 is 2.71 bits per heavy atom. The van der Waals surface area contributed by atoms with Crippen molar-refractivity contribution in [3.63, 3.8) is 0 Å². The summed E-state index contributed by atoms with van der Waals surface area (Å²) < 4.78 is 2.00. The van der Waals surface area contributed by atoms with E-state index < -0.39 is 0 Å². The second kappa shape index (κ2) is 6.20. The molecule has 3 aromatic rings. The van der Waals surface area contributed by atoms with Gasteiger partial charge in [0.05, 0.1) is 18.3 Å². The summed E-state index contributed by atoms with van der Waals surface area (Å²) in [5.41, 5.74) is 4.25. The number of hydrogen-bond acceptors (Lipinski definition) is 2. The van der Waals surface area contributed by atoms with Crippen molar-refractivity contribution in [1.29, 1.82) is 0 Å². The molecule has 0 fully saturated rings. The fraction of sp³-hybridized carbons (Fsp3) is 0.0952. The summed E-state index contributed by atoms with van der Waals surface area (Å²) in [7, 11) is 0. The number of rotatable bonds is 4. The lowest BCUT2D eigenvalue weighted by Gasteiger charge is -2.10. The Kier molecular flexibility index (Phi) is 3.75. The molecule has 4 rings (SSSR count). The van der Waals surface area contributed by atoms with Crippen molar-refractivity contribution in [2.45, 2.75) is 12.5 Å². The van der Waals surface area contributed by atoms with Gasteiger partial charge in [0, 0.05) is 5.56 Å². The zero-order chi connectivity index (χ0) is 16.4. The molecule has 0 radical (unpaired) electrons. The molecule has 0 bridgehead atoms. The first-order valence-corrected chi connectivity index (χ1v) is 8.01. The highest BCUT2D eigenvalue weighted by atomic mass is 16.1. The van der Waals surface area contributed by atoms with E-state index in [4.69, 9.17) is 0 Å². The normalized spacial score (nSPS) is 15.2. The maximum absolute atomic E-state index is 12.6. The summed E-state index contributed by atoms with van der Waals surface area (Å²) in [6.07, 6.45) is 9.77. The average Bonchev–Trinajstić information content (AvgIpc) is 3.07. The highest BCUT2D eigenvalue weighted by Gasteiger charge is 2.27. The van der Waals surface area contributed by atoms with Crippen LogP contribution in [0, 0.1) is 0 Å². The number of ketones is 1. The van der Waals surface area contributed by atoms with E-state index in [1.807, 2.05) is 53.4 Å². The zero-order valence-electron chi connectivity index (χ0n) is 13.2. The number of nitrogens with zero attached hydrogens (tertiary/aromatic N) is 2. The molecule has 1 unspecified atom stereocenters. The standard InChI is InChI=1S/C21H17N2O/c24-21(17-7-2-1-3-8-17)15-23-13-12-22-14-20(23)19-11-10-16-6-4-5-9-18(16)19/h1-14,19H,15H2/q+1. The van der Waals surface area contributed by atoms with Crippen molar-refractivity contribution in [3.05, 3.63) is 102 Å². The van der Waals surface area contributed by atoms with Gasteiger partial charge in [0.15, 0.2) is 6.20 Å². The first-order valence-electron chi connectivity index (χ1n) is 8.01. The molecule has 0 aliphatic heterocycles. The summed E-state index contributed by atoms with van der Waals surface area (Å²) in [5.74, 6) is 0.238. The van der Waals surface area contributed by atoms with Crippen molar-refractivity contribution in [1.82, 2.24) is 4.98 Å². The molecule has 0 amide bonds. The lowest BCUT2D eigenvalue weighted by Crippen LogP contribution is -2.42. The molecule has 0 saturated heterocycles. The summed E-state index contributed by atoms with van der Waals surface area (Å²) in [4.78, 5) is 16.8. The van der Waals surface area contributed by atoms with Crippen LogP contribution in [0.3, 0.4) is 0 Å². The van der Waals surface area contributed by atoms with Crippen molar-refractivity contribution in [2.75, 3.05) is 0 Å². The van der Waals surface area contributed by atoms with E-state index in [0.717, 1.165) is 11.3 Å². The Balaban J connectivity index is 1.67. The Morgan fingerprint density at radius 2 is 1.83 bits per heavy atom. The molecule has 2 aromatic carbocycles. The topological polar surface area (TPSA) is 33.8 Å². The smallest absolute Gasteiger partial charge is 0.227 e. The van der Waals surface area contributed by atoms with Gasteiger partial charge in [0.25, 0.3) is 0 Å². The van der Waals surface area contributed by atoms with Crippen LogP contribution in [0.2, 0.25) is 0 Å². The number of aromatic nitrogens is 2. The fourth-order valence-corrected chi connectivity index (χ4v) is 3.18. The Bertz CT molecular complexity index is 916. The third-order valence-electron chi connectivity index (χ3n) is 4.40. The van der Waals surface area contributed by atoms with Gasteiger partial charge in [0.2, 0.25) is 18.0 Å². The fourth-order valence-electron chi connectivity index (χ4n) is 3.18. The number of carbonyl (C=O) groups is 1. The number of hydrogen-bond donors (Lipinski definition) is 0. The number of allylic oxidation sites excluding steroid dienone is 1. The number of carbonyl (C=O) groups excluding carboxylic acids is 1. The lowest BCUT2D eigenvalue weighted by molar-refractivity contribution is -0.691. The molecule has 0 saturated carbocycles. The molecule has 1 aliphatic carbocycles. The predicted octanol–water partition coefficient (Wildman–Crippen LogP) is 3.41. The molecule has 0 spiro atoms. The third kappa shape index (κ3) is 2.65. The monoisotopic (exact) mass is 313 g/mol. The minimum atomic E-state index is 0.100. The van der Waals surface area contributed by atoms with Gasteiger partial charge in [-0.1, -0.05) is 66.7 Å². The highest BCUT2D eigenvalue weighted by Crippen LogP contribution is 2.33. The van der Waals surface area contributed by atoms with Crippen LogP contribution in [-0.2, 0) is 6.54 Å². The lowest BCUT2D eigenvalue weighted by atomic mass is 9.97. The minimum Gasteiger partial charge on any atom is -0.287 e. The molecule has 3 heteroatoms. The zero-order valence-corrected chi connectivity index (χ0v) is 13.2. The van der Waals surface area contributed by atoms with Gasteiger partial charge in [-0.25, -0.2) is 0 Å². The summed E-state index contributed by atoms with van der Waals surface area (Å²) in [6.45, 7) is 0.314. The van der Waals surface area contributed by atoms with Crippen molar-refractivity contribution in [3.8, 4) is 0 Å². The first kappa shape index (κ1) is 14.5. The summed E-state index contributed by atoms with van der Waals surface area (Å²) in [6, 6.07) is 17.8. The molecule has 1 heterocycles. The number of fused-ring (bicyclic) bond motifs is 1. The van der Waals surface area contributed by atoms with Crippen LogP contribution < -0.4 is 4.57 Å². The molecular formula is C21H17N2O+. The van der Waals surface area contributed by atoms with E-state index in [2.05, 4.69) is 35.3 Å². The van der Waals surface area contributed by atoms with E-state index >= 15 is 0 Å².